The van der Waals surface area contributed by atoms with E-state index in [1.807, 2.05) is 48.7 Å². The predicted octanol–water partition coefficient (Wildman–Crippen LogP) is 8.20. The van der Waals surface area contributed by atoms with Gasteiger partial charge in [0.1, 0.15) is 5.82 Å². The second-order valence-electron chi connectivity index (χ2n) is 10.8. The third-order valence-electron chi connectivity index (χ3n) is 6.58. The fourth-order valence-corrected chi connectivity index (χ4v) is 5.32. The third-order valence-corrected chi connectivity index (χ3v) is 8.61. The van der Waals surface area contributed by atoms with Crippen molar-refractivity contribution in [3.63, 3.8) is 0 Å². The minimum absolute atomic E-state index is 0. The zero-order valence-electron chi connectivity index (χ0n) is 23.1. The van der Waals surface area contributed by atoms with Crippen LogP contribution in [0, 0.1) is 17.9 Å². The number of hydrogen-bond donors (Lipinski definition) is 0. The van der Waals surface area contributed by atoms with Gasteiger partial charge in [0, 0.05) is 37.9 Å². The normalized spacial score (nSPS) is 11.3. The molecule has 4 aromatic heterocycles. The first kappa shape index (κ1) is 29.5. The number of halogens is 1. The fourth-order valence-electron chi connectivity index (χ4n) is 4.28. The Morgan fingerprint density at radius 2 is 1.65 bits per heavy atom. The molecule has 0 aliphatic carbocycles. The summed E-state index contributed by atoms with van der Waals surface area (Å²) in [6.45, 7) is 11.3. The molecule has 205 valence electrons. The molecule has 7 heteroatoms. The molecule has 0 saturated carbocycles. The van der Waals surface area contributed by atoms with E-state index in [1.165, 1.54) is 16.8 Å². The van der Waals surface area contributed by atoms with E-state index >= 15 is 0 Å². The van der Waals surface area contributed by atoms with E-state index in [1.54, 1.807) is 12.3 Å². The van der Waals surface area contributed by atoms with E-state index in [9.17, 15) is 4.39 Å². The SMILES string of the molecule is CC(C)c1ccnc(-c2[c-]ccc3c2oc2ncc(F)cc23)c1.C[Si](C)(C)c1ccc(-c2[c-]cccc2)nc1.[Ir]. The summed E-state index contributed by atoms with van der Waals surface area (Å²) in [5, 5.41) is 2.87. The van der Waals surface area contributed by atoms with Crippen LogP contribution in [0.1, 0.15) is 25.3 Å². The zero-order valence-corrected chi connectivity index (χ0v) is 26.5. The van der Waals surface area contributed by atoms with E-state index in [-0.39, 0.29) is 25.9 Å². The average Bonchev–Trinajstić information content (AvgIpc) is 3.31. The van der Waals surface area contributed by atoms with Crippen molar-refractivity contribution in [3.05, 3.63) is 109 Å². The van der Waals surface area contributed by atoms with Crippen molar-refractivity contribution in [3.8, 4) is 22.5 Å². The summed E-state index contributed by atoms with van der Waals surface area (Å²) in [7, 11) is -1.23. The van der Waals surface area contributed by atoms with Crippen LogP contribution in [0.25, 0.3) is 44.6 Å². The average molecular weight is 724 g/mol. The molecule has 0 spiro atoms. The molecule has 0 aliphatic rings. The van der Waals surface area contributed by atoms with E-state index < -0.39 is 8.07 Å². The maximum absolute atomic E-state index is 13.5. The van der Waals surface area contributed by atoms with E-state index in [4.69, 9.17) is 4.42 Å². The van der Waals surface area contributed by atoms with Gasteiger partial charge in [-0.15, -0.1) is 54.1 Å². The molecule has 0 unspecified atom stereocenters. The van der Waals surface area contributed by atoms with Gasteiger partial charge in [-0.05, 0) is 34.6 Å². The Labute approximate surface area is 249 Å². The van der Waals surface area contributed by atoms with Crippen molar-refractivity contribution in [2.24, 2.45) is 0 Å². The number of benzene rings is 2. The molecule has 0 aliphatic heterocycles. The van der Waals surface area contributed by atoms with Crippen molar-refractivity contribution in [1.29, 1.82) is 0 Å². The number of rotatable bonds is 4. The summed E-state index contributed by atoms with van der Waals surface area (Å²) in [4.78, 5) is 13.0. The summed E-state index contributed by atoms with van der Waals surface area (Å²) >= 11 is 0. The third kappa shape index (κ3) is 6.44. The summed E-state index contributed by atoms with van der Waals surface area (Å²) in [5.74, 6) is 0.0249. The second kappa shape index (κ2) is 12.3. The van der Waals surface area contributed by atoms with Gasteiger partial charge in [-0.1, -0.05) is 68.2 Å². The maximum Gasteiger partial charge on any atom is 0.216 e. The molecule has 4 nitrogen and oxygen atoms in total. The van der Waals surface area contributed by atoms with Gasteiger partial charge < -0.3 is 14.4 Å². The van der Waals surface area contributed by atoms with E-state index in [0.717, 1.165) is 34.1 Å². The van der Waals surface area contributed by atoms with Crippen molar-refractivity contribution in [2.75, 3.05) is 0 Å². The Hall–Kier alpha value is -3.51. The number of hydrogen-bond acceptors (Lipinski definition) is 4. The fraction of sp³-hybridized carbons (Fsp3) is 0.182. The Bertz CT molecular complexity index is 1730. The van der Waals surface area contributed by atoms with Crippen molar-refractivity contribution >= 4 is 35.3 Å². The summed E-state index contributed by atoms with van der Waals surface area (Å²) in [5.41, 5.74) is 5.87. The molecule has 40 heavy (non-hydrogen) atoms. The van der Waals surface area contributed by atoms with Gasteiger partial charge in [0.05, 0.1) is 19.9 Å². The maximum atomic E-state index is 13.5. The van der Waals surface area contributed by atoms with Crippen molar-refractivity contribution in [2.45, 2.75) is 39.4 Å². The van der Waals surface area contributed by atoms with Crippen LogP contribution in [0.4, 0.5) is 4.39 Å². The Balaban J connectivity index is 0.000000192. The minimum atomic E-state index is -1.23. The Morgan fingerprint density at radius 1 is 0.825 bits per heavy atom. The van der Waals surface area contributed by atoms with E-state index in [2.05, 4.69) is 72.7 Å². The molecule has 0 fully saturated rings. The van der Waals surface area contributed by atoms with Crippen LogP contribution in [-0.2, 0) is 20.1 Å². The number of aromatic nitrogens is 3. The predicted molar refractivity (Wildman–Crippen MR) is 159 cm³/mol. The molecule has 6 rings (SSSR count). The van der Waals surface area contributed by atoms with Crippen LogP contribution in [0.5, 0.6) is 0 Å². The number of fused-ring (bicyclic) bond motifs is 3. The second-order valence-corrected chi connectivity index (χ2v) is 15.9. The van der Waals surface area contributed by atoms with Crippen LogP contribution < -0.4 is 5.19 Å². The van der Waals surface area contributed by atoms with Crippen LogP contribution >= 0.6 is 0 Å². The van der Waals surface area contributed by atoms with E-state index in [0.29, 0.717) is 22.6 Å². The van der Waals surface area contributed by atoms with Gasteiger partial charge in [-0.25, -0.2) is 9.37 Å². The van der Waals surface area contributed by atoms with Gasteiger partial charge in [0.25, 0.3) is 0 Å². The number of pyridine rings is 3. The molecule has 0 N–H and O–H groups in total. The van der Waals surface area contributed by atoms with Gasteiger partial charge in [0.15, 0.2) is 0 Å². The van der Waals surface area contributed by atoms with Gasteiger partial charge in [-0.2, -0.15) is 0 Å². The van der Waals surface area contributed by atoms with Crippen LogP contribution in [0.2, 0.25) is 19.6 Å². The first-order chi connectivity index (χ1) is 18.7. The van der Waals surface area contributed by atoms with Crippen LogP contribution in [-0.4, -0.2) is 23.0 Å². The quantitative estimate of drug-likeness (QED) is 0.136. The summed E-state index contributed by atoms with van der Waals surface area (Å²) in [6, 6.07) is 27.8. The molecule has 0 amide bonds. The molecule has 0 atom stereocenters. The number of furan rings is 1. The standard InChI is InChI=1S/C19H14FN2O.C14H16NSi.Ir/c1-11(2)12-6-7-21-17(8-12)15-5-3-4-14-16-9-13(20)10-22-19(16)23-18(14)15;1-16(2,3)13-9-10-14(15-11-13)12-7-5-4-6-8-12;/h3-4,6-11H,1-2H3;4-7,9-11H,1-3H3;/q2*-1;. The monoisotopic (exact) mass is 724 g/mol. The van der Waals surface area contributed by atoms with Crippen molar-refractivity contribution < 1.29 is 28.9 Å². The molecule has 2 aromatic carbocycles. The van der Waals surface area contributed by atoms with Gasteiger partial charge in [-0.3, -0.25) is 0 Å². The molecule has 1 radical (unpaired) electrons. The van der Waals surface area contributed by atoms with Crippen LogP contribution in [0.3, 0.4) is 0 Å². The molecule has 0 saturated heterocycles. The smallest absolute Gasteiger partial charge is 0.216 e. The number of nitrogens with zero attached hydrogens (tertiary/aromatic N) is 3. The Morgan fingerprint density at radius 3 is 2.33 bits per heavy atom. The minimum Gasteiger partial charge on any atom is -0.486 e. The zero-order chi connectivity index (χ0) is 27.6. The molecular weight excluding hydrogens is 694 g/mol. The van der Waals surface area contributed by atoms with Crippen LogP contribution in [0.15, 0.2) is 89.7 Å². The molecule has 6 aromatic rings. The van der Waals surface area contributed by atoms with Gasteiger partial charge >= 0.3 is 0 Å². The molecule has 0 bridgehead atoms. The Kier molecular flexibility index (Phi) is 9.09. The van der Waals surface area contributed by atoms with Gasteiger partial charge in [0.2, 0.25) is 5.71 Å². The molecule has 4 heterocycles. The summed E-state index contributed by atoms with van der Waals surface area (Å²) < 4.78 is 19.3. The largest absolute Gasteiger partial charge is 0.486 e. The first-order valence-electron chi connectivity index (χ1n) is 13.0. The topological polar surface area (TPSA) is 51.8 Å². The first-order valence-corrected chi connectivity index (χ1v) is 16.5. The summed E-state index contributed by atoms with van der Waals surface area (Å²) in [6.07, 6.45) is 4.96. The molecular formula is C33H30FIrN3OSi-2. The van der Waals surface area contributed by atoms with Crippen molar-refractivity contribution in [1.82, 2.24) is 15.0 Å².